The number of carbonyl (C=O) groups excluding carboxylic acids is 2. The minimum Gasteiger partial charge on any atom is -0.449 e. The van der Waals surface area contributed by atoms with Crippen molar-refractivity contribution in [3.05, 3.63) is 202 Å². The Morgan fingerprint density at radius 2 is 1.17 bits per heavy atom. The molecule has 0 aliphatic heterocycles. The van der Waals surface area contributed by atoms with Crippen molar-refractivity contribution in [2.45, 2.75) is 24.3 Å². The summed E-state index contributed by atoms with van der Waals surface area (Å²) in [5, 5.41) is 3.37. The third kappa shape index (κ3) is 6.53. The summed E-state index contributed by atoms with van der Waals surface area (Å²) in [6.07, 6.45) is -0.332. The Hall–Kier alpha value is -5.45. The Labute approximate surface area is 286 Å². The first-order valence-corrected chi connectivity index (χ1v) is 16.5. The van der Waals surface area contributed by atoms with Crippen LogP contribution in [0.2, 0.25) is 5.02 Å². The van der Waals surface area contributed by atoms with Crippen LogP contribution in [-0.2, 0) is 11.2 Å². The van der Waals surface area contributed by atoms with E-state index in [1.54, 1.807) is 12.1 Å². The lowest BCUT2D eigenvalue weighted by atomic mass is 9.84. The Morgan fingerprint density at radius 3 is 1.73 bits per heavy atom. The molecule has 236 valence electrons. The first-order chi connectivity index (χ1) is 23.6. The van der Waals surface area contributed by atoms with Gasteiger partial charge in [-0.15, -0.1) is 0 Å². The van der Waals surface area contributed by atoms with Crippen LogP contribution in [0, 0.1) is 0 Å². The Bertz CT molecular complexity index is 1960. The van der Waals surface area contributed by atoms with Gasteiger partial charge in [-0.2, -0.15) is 0 Å². The van der Waals surface area contributed by atoms with E-state index >= 15 is 0 Å². The predicted octanol–water partition coefficient (Wildman–Crippen LogP) is 9.85. The third-order valence-corrected chi connectivity index (χ3v) is 9.42. The number of ether oxygens (including phenoxy) is 1. The second kappa shape index (κ2) is 14.1. The molecule has 4 nitrogen and oxygen atoms in total. The first kappa shape index (κ1) is 31.2. The van der Waals surface area contributed by atoms with Crippen LogP contribution in [0.5, 0.6) is 0 Å². The molecule has 0 spiro atoms. The molecule has 0 heterocycles. The molecule has 6 aromatic rings. The van der Waals surface area contributed by atoms with Gasteiger partial charge in [-0.05, 0) is 50.6 Å². The van der Waals surface area contributed by atoms with E-state index in [1.165, 1.54) is 0 Å². The van der Waals surface area contributed by atoms with Crippen LogP contribution in [0.1, 0.15) is 55.6 Å². The zero-order valence-corrected chi connectivity index (χ0v) is 27.0. The number of ketones is 1. The molecule has 0 unspecified atom stereocenters. The van der Waals surface area contributed by atoms with Gasteiger partial charge in [-0.3, -0.25) is 4.79 Å². The molecule has 48 heavy (non-hydrogen) atoms. The van der Waals surface area contributed by atoms with Gasteiger partial charge in [0.25, 0.3) is 0 Å². The fourth-order valence-electron chi connectivity index (χ4n) is 6.80. The number of halogens is 1. The second-order valence-electron chi connectivity index (χ2n) is 12.1. The van der Waals surface area contributed by atoms with E-state index in [1.807, 2.05) is 97.1 Å². The molecule has 0 saturated heterocycles. The van der Waals surface area contributed by atoms with Crippen LogP contribution in [0.15, 0.2) is 158 Å². The van der Waals surface area contributed by atoms with E-state index in [4.69, 9.17) is 16.3 Å². The number of Topliss-reactive ketones (excluding diaryl/α,β-unsaturated/α-hetero) is 1. The van der Waals surface area contributed by atoms with Gasteiger partial charge in [-0.1, -0.05) is 163 Å². The number of hydrogen-bond donors (Lipinski definition) is 1. The van der Waals surface area contributed by atoms with Crippen LogP contribution in [-0.4, -0.2) is 24.5 Å². The maximum atomic E-state index is 14.1. The summed E-state index contributed by atoms with van der Waals surface area (Å²) in [7, 11) is 0. The highest BCUT2D eigenvalue weighted by Crippen LogP contribution is 2.44. The van der Waals surface area contributed by atoms with Gasteiger partial charge in [0, 0.05) is 28.8 Å². The molecule has 0 saturated carbocycles. The van der Waals surface area contributed by atoms with Crippen LogP contribution in [0.25, 0.3) is 11.1 Å². The largest absolute Gasteiger partial charge is 0.449 e. The molecule has 0 fully saturated rings. The van der Waals surface area contributed by atoms with E-state index in [9.17, 15) is 9.59 Å². The molecule has 0 bridgehead atoms. The lowest BCUT2D eigenvalue weighted by Gasteiger charge is -2.22. The van der Waals surface area contributed by atoms with Gasteiger partial charge >= 0.3 is 6.09 Å². The molecular formula is C43H34ClNO3. The molecule has 1 aliphatic rings. The van der Waals surface area contributed by atoms with E-state index in [-0.39, 0.29) is 24.2 Å². The van der Waals surface area contributed by atoms with Crippen molar-refractivity contribution in [3.8, 4) is 11.1 Å². The highest BCUT2D eigenvalue weighted by Gasteiger charge is 2.30. The van der Waals surface area contributed by atoms with Crippen molar-refractivity contribution in [2.75, 3.05) is 6.61 Å². The van der Waals surface area contributed by atoms with Gasteiger partial charge < -0.3 is 10.1 Å². The lowest BCUT2D eigenvalue weighted by molar-refractivity contribution is 0.0919. The topological polar surface area (TPSA) is 55.4 Å². The summed E-state index contributed by atoms with van der Waals surface area (Å²) in [5.74, 6) is -0.431. The van der Waals surface area contributed by atoms with Crippen molar-refractivity contribution in [1.29, 1.82) is 0 Å². The average molecular weight is 648 g/mol. The first-order valence-electron chi connectivity index (χ1n) is 16.2. The van der Waals surface area contributed by atoms with Crippen LogP contribution in [0.4, 0.5) is 4.79 Å². The summed E-state index contributed by atoms with van der Waals surface area (Å²) >= 11 is 6.98. The maximum Gasteiger partial charge on any atom is 0.407 e. The minimum absolute atomic E-state index is 0.0834. The number of benzene rings is 6. The second-order valence-corrected chi connectivity index (χ2v) is 12.5. The fourth-order valence-corrected chi connectivity index (χ4v) is 7.09. The average Bonchev–Trinajstić information content (AvgIpc) is 3.46. The van der Waals surface area contributed by atoms with Crippen molar-refractivity contribution >= 4 is 23.5 Å². The highest BCUT2D eigenvalue weighted by molar-refractivity contribution is 6.32. The van der Waals surface area contributed by atoms with E-state index < -0.39 is 12.1 Å². The standard InChI is InChI=1S/C43H34ClNO3/c44-39-27-32(24-25-37(39)41(30-16-6-2-7-17-30)31-18-8-3-9-19-31)42(46)40(26-29-14-4-1-5-15-29)45-43(47)48-28-38-35-22-12-10-20-33(35)34-21-11-13-23-36(34)38/h1-25,27,38,40-41H,26,28H2,(H,45,47)/t40-/m0/s1. The smallest absolute Gasteiger partial charge is 0.407 e. The molecule has 1 aliphatic carbocycles. The Balaban J connectivity index is 1.13. The number of fused-ring (bicyclic) bond motifs is 3. The summed E-state index contributed by atoms with van der Waals surface area (Å²) in [5.41, 5.74) is 9.00. The van der Waals surface area contributed by atoms with Gasteiger partial charge in [0.05, 0.1) is 6.04 Å². The van der Waals surface area contributed by atoms with Crippen molar-refractivity contribution < 1.29 is 14.3 Å². The number of carbonyl (C=O) groups is 2. The summed E-state index contributed by atoms with van der Waals surface area (Å²) in [6.45, 7) is 0.160. The van der Waals surface area contributed by atoms with Gasteiger partial charge in [-0.25, -0.2) is 4.79 Å². The molecule has 5 heteroatoms. The zero-order valence-electron chi connectivity index (χ0n) is 26.3. The SMILES string of the molecule is O=C(N[C@@H](Cc1ccccc1)C(=O)c1ccc(C(c2ccccc2)c2ccccc2)c(Cl)c1)OCC1c2ccccc2-c2ccccc21. The van der Waals surface area contributed by atoms with Gasteiger partial charge in [0.15, 0.2) is 5.78 Å². The van der Waals surface area contributed by atoms with Crippen molar-refractivity contribution in [3.63, 3.8) is 0 Å². The van der Waals surface area contributed by atoms with Gasteiger partial charge in [0.2, 0.25) is 0 Å². The minimum atomic E-state index is -0.857. The number of nitrogens with one attached hydrogen (secondary N) is 1. The van der Waals surface area contributed by atoms with Crippen molar-refractivity contribution in [1.82, 2.24) is 5.32 Å². The Kier molecular flexibility index (Phi) is 9.17. The number of amides is 1. The lowest BCUT2D eigenvalue weighted by Crippen LogP contribution is -2.43. The molecule has 1 amide bonds. The summed E-state index contributed by atoms with van der Waals surface area (Å²) in [6, 6.07) is 51.0. The molecule has 1 atom stereocenters. The molecule has 7 rings (SSSR count). The van der Waals surface area contributed by atoms with Crippen LogP contribution in [0.3, 0.4) is 0 Å². The normalized spacial score (nSPS) is 12.6. The van der Waals surface area contributed by atoms with Crippen LogP contribution < -0.4 is 5.32 Å². The predicted molar refractivity (Wildman–Crippen MR) is 192 cm³/mol. The molecular weight excluding hydrogens is 614 g/mol. The molecule has 6 aromatic carbocycles. The Morgan fingerprint density at radius 1 is 0.646 bits per heavy atom. The molecule has 0 aromatic heterocycles. The van der Waals surface area contributed by atoms with Gasteiger partial charge in [0.1, 0.15) is 6.61 Å². The number of rotatable bonds is 10. The summed E-state index contributed by atoms with van der Waals surface area (Å²) < 4.78 is 5.84. The quantitative estimate of drug-likeness (QED) is 0.119. The monoisotopic (exact) mass is 647 g/mol. The summed E-state index contributed by atoms with van der Waals surface area (Å²) in [4.78, 5) is 27.5. The van der Waals surface area contributed by atoms with Crippen LogP contribution >= 0.6 is 11.6 Å². The van der Waals surface area contributed by atoms with Crippen molar-refractivity contribution in [2.24, 2.45) is 0 Å². The highest BCUT2D eigenvalue weighted by atomic mass is 35.5. The van der Waals surface area contributed by atoms with E-state index in [2.05, 4.69) is 53.8 Å². The maximum absolute atomic E-state index is 14.1. The van der Waals surface area contributed by atoms with E-state index in [0.717, 1.165) is 44.5 Å². The number of alkyl carbamates (subject to hydrolysis) is 1. The third-order valence-electron chi connectivity index (χ3n) is 9.10. The number of hydrogen-bond acceptors (Lipinski definition) is 3. The molecule has 0 radical (unpaired) electrons. The molecule has 1 N–H and O–H groups in total. The zero-order chi connectivity index (χ0) is 32.9. The fraction of sp³-hybridized carbons (Fsp3) is 0.116. The van der Waals surface area contributed by atoms with E-state index in [0.29, 0.717) is 17.0 Å².